The molecule has 0 amide bonds. The van der Waals surface area contributed by atoms with Gasteiger partial charge in [-0.2, -0.15) is 0 Å². The summed E-state index contributed by atoms with van der Waals surface area (Å²) in [5.41, 5.74) is 4.62. The number of piperazine rings is 1. The standard InChI is InChI=1S/C11H19N3/c1-12-14-9-7-13(8-10-14)11-5-3-2-4-6-11/h3,5-6,12H,2,4,7-10H2,1H3. The molecule has 0 bridgehead atoms. The first-order chi connectivity index (χ1) is 6.90. The first kappa shape index (κ1) is 9.74. The van der Waals surface area contributed by atoms with E-state index in [1.807, 2.05) is 7.05 Å². The second-order valence-corrected chi connectivity index (χ2v) is 3.81. The molecular formula is C11H19N3. The molecule has 0 saturated carbocycles. The minimum absolute atomic E-state index is 1.11. The normalized spacial score (nSPS) is 23.8. The third-order valence-corrected chi connectivity index (χ3v) is 2.94. The molecule has 0 unspecified atom stereocenters. The summed E-state index contributed by atoms with van der Waals surface area (Å²) in [6, 6.07) is 0. The molecular weight excluding hydrogens is 174 g/mol. The highest BCUT2D eigenvalue weighted by atomic mass is 15.5. The lowest BCUT2D eigenvalue weighted by molar-refractivity contribution is 0.121. The largest absolute Gasteiger partial charge is 0.369 e. The maximum atomic E-state index is 3.20. The van der Waals surface area contributed by atoms with Crippen molar-refractivity contribution in [2.75, 3.05) is 33.2 Å². The lowest BCUT2D eigenvalue weighted by Gasteiger charge is -2.36. The average Bonchev–Trinajstić information content (AvgIpc) is 2.30. The molecule has 2 rings (SSSR count). The summed E-state index contributed by atoms with van der Waals surface area (Å²) in [6.45, 7) is 4.50. The van der Waals surface area contributed by atoms with Gasteiger partial charge in [0, 0.05) is 31.9 Å². The van der Waals surface area contributed by atoms with Gasteiger partial charge in [-0.05, 0) is 26.0 Å². The highest BCUT2D eigenvalue weighted by molar-refractivity contribution is 5.21. The van der Waals surface area contributed by atoms with E-state index in [1.54, 1.807) is 0 Å². The number of hydrogen-bond acceptors (Lipinski definition) is 3. The molecule has 2 aliphatic rings. The van der Waals surface area contributed by atoms with Crippen molar-refractivity contribution in [3.8, 4) is 0 Å². The maximum Gasteiger partial charge on any atom is 0.0323 e. The molecule has 3 heteroatoms. The molecule has 1 fully saturated rings. The van der Waals surface area contributed by atoms with Crippen LogP contribution in [0.1, 0.15) is 12.8 Å². The summed E-state index contributed by atoms with van der Waals surface area (Å²) in [7, 11) is 2.00. The monoisotopic (exact) mass is 193 g/mol. The summed E-state index contributed by atoms with van der Waals surface area (Å²) in [4.78, 5) is 2.48. The number of allylic oxidation sites excluding steroid dienone is 3. The Labute approximate surface area is 86.0 Å². The Morgan fingerprint density at radius 3 is 2.50 bits per heavy atom. The van der Waals surface area contributed by atoms with Gasteiger partial charge in [-0.15, -0.1) is 0 Å². The van der Waals surface area contributed by atoms with Gasteiger partial charge in [-0.3, -0.25) is 5.43 Å². The highest BCUT2D eigenvalue weighted by Gasteiger charge is 2.16. The van der Waals surface area contributed by atoms with Gasteiger partial charge in [0.15, 0.2) is 0 Å². The van der Waals surface area contributed by atoms with Gasteiger partial charge in [0.05, 0.1) is 0 Å². The molecule has 1 heterocycles. The zero-order valence-electron chi connectivity index (χ0n) is 8.87. The van der Waals surface area contributed by atoms with Gasteiger partial charge in [0.2, 0.25) is 0 Å². The first-order valence-corrected chi connectivity index (χ1v) is 5.44. The van der Waals surface area contributed by atoms with E-state index in [4.69, 9.17) is 0 Å². The Morgan fingerprint density at radius 1 is 1.14 bits per heavy atom. The molecule has 0 spiro atoms. The lowest BCUT2D eigenvalue weighted by Crippen LogP contribution is -2.50. The van der Waals surface area contributed by atoms with Gasteiger partial charge in [0.25, 0.3) is 0 Å². The Bertz CT molecular complexity index is 237. The van der Waals surface area contributed by atoms with Crippen molar-refractivity contribution in [2.45, 2.75) is 12.8 Å². The fourth-order valence-corrected chi connectivity index (χ4v) is 2.02. The number of rotatable bonds is 2. The van der Waals surface area contributed by atoms with Gasteiger partial charge < -0.3 is 4.90 Å². The van der Waals surface area contributed by atoms with E-state index in [2.05, 4.69) is 33.6 Å². The molecule has 1 saturated heterocycles. The van der Waals surface area contributed by atoms with Crippen LogP contribution in [0.2, 0.25) is 0 Å². The van der Waals surface area contributed by atoms with Gasteiger partial charge in [0.1, 0.15) is 0 Å². The fourth-order valence-electron chi connectivity index (χ4n) is 2.02. The van der Waals surface area contributed by atoms with Crippen LogP contribution in [-0.4, -0.2) is 43.1 Å². The fraction of sp³-hybridized carbons (Fsp3) is 0.636. The number of nitrogens with zero attached hydrogens (tertiary/aromatic N) is 2. The predicted octanol–water partition coefficient (Wildman–Crippen LogP) is 0.972. The van der Waals surface area contributed by atoms with Crippen molar-refractivity contribution in [3.63, 3.8) is 0 Å². The molecule has 1 N–H and O–H groups in total. The topological polar surface area (TPSA) is 18.5 Å². The van der Waals surface area contributed by atoms with Crippen molar-refractivity contribution in [1.29, 1.82) is 0 Å². The molecule has 0 aromatic rings. The summed E-state index contributed by atoms with van der Waals surface area (Å²) in [6.07, 6.45) is 9.31. The second kappa shape index (κ2) is 4.62. The SMILES string of the molecule is CNN1CCN(C2=CCCC=C2)CC1. The van der Waals surface area contributed by atoms with E-state index in [0.717, 1.165) is 26.2 Å². The van der Waals surface area contributed by atoms with Gasteiger partial charge >= 0.3 is 0 Å². The van der Waals surface area contributed by atoms with Crippen LogP contribution in [0.25, 0.3) is 0 Å². The minimum Gasteiger partial charge on any atom is -0.369 e. The van der Waals surface area contributed by atoms with Crippen LogP contribution < -0.4 is 5.43 Å². The summed E-state index contributed by atoms with van der Waals surface area (Å²) < 4.78 is 0. The van der Waals surface area contributed by atoms with Crippen LogP contribution in [0.15, 0.2) is 23.9 Å². The smallest absolute Gasteiger partial charge is 0.0323 e. The van der Waals surface area contributed by atoms with Crippen molar-refractivity contribution >= 4 is 0 Å². The van der Waals surface area contributed by atoms with E-state index in [0.29, 0.717) is 0 Å². The van der Waals surface area contributed by atoms with Crippen molar-refractivity contribution in [3.05, 3.63) is 23.9 Å². The van der Waals surface area contributed by atoms with E-state index in [1.165, 1.54) is 18.5 Å². The molecule has 0 radical (unpaired) electrons. The van der Waals surface area contributed by atoms with Crippen LogP contribution in [0.5, 0.6) is 0 Å². The number of hydrazine groups is 1. The zero-order valence-corrected chi connectivity index (χ0v) is 8.87. The van der Waals surface area contributed by atoms with Crippen molar-refractivity contribution < 1.29 is 0 Å². The Balaban J connectivity index is 1.88. The zero-order chi connectivity index (χ0) is 9.80. The molecule has 3 nitrogen and oxygen atoms in total. The Kier molecular flexibility index (Phi) is 3.22. The Hall–Kier alpha value is -0.800. The van der Waals surface area contributed by atoms with Gasteiger partial charge in [-0.1, -0.05) is 12.2 Å². The van der Waals surface area contributed by atoms with Crippen LogP contribution >= 0.6 is 0 Å². The van der Waals surface area contributed by atoms with Crippen LogP contribution in [0, 0.1) is 0 Å². The van der Waals surface area contributed by atoms with Crippen molar-refractivity contribution in [2.24, 2.45) is 0 Å². The summed E-state index contributed by atoms with van der Waals surface area (Å²) >= 11 is 0. The third-order valence-electron chi connectivity index (χ3n) is 2.94. The summed E-state index contributed by atoms with van der Waals surface area (Å²) in [5.74, 6) is 0. The van der Waals surface area contributed by atoms with E-state index in [9.17, 15) is 0 Å². The Morgan fingerprint density at radius 2 is 1.93 bits per heavy atom. The molecule has 0 atom stereocenters. The van der Waals surface area contributed by atoms with Crippen LogP contribution in [0.3, 0.4) is 0 Å². The molecule has 14 heavy (non-hydrogen) atoms. The molecule has 1 aliphatic carbocycles. The van der Waals surface area contributed by atoms with Crippen molar-refractivity contribution in [1.82, 2.24) is 15.3 Å². The quantitative estimate of drug-likeness (QED) is 0.705. The lowest BCUT2D eigenvalue weighted by atomic mass is 10.1. The molecule has 78 valence electrons. The summed E-state index contributed by atoms with van der Waals surface area (Å²) in [5, 5.41) is 2.27. The number of hydrogen-bond donors (Lipinski definition) is 1. The third kappa shape index (κ3) is 2.16. The van der Waals surface area contributed by atoms with Crippen LogP contribution in [-0.2, 0) is 0 Å². The molecule has 0 aromatic carbocycles. The molecule has 1 aliphatic heterocycles. The number of nitrogens with one attached hydrogen (secondary N) is 1. The molecule has 0 aromatic heterocycles. The second-order valence-electron chi connectivity index (χ2n) is 3.81. The highest BCUT2D eigenvalue weighted by Crippen LogP contribution is 2.15. The predicted molar refractivity (Wildman–Crippen MR) is 58.7 cm³/mol. The van der Waals surface area contributed by atoms with E-state index < -0.39 is 0 Å². The van der Waals surface area contributed by atoms with Crippen LogP contribution in [0.4, 0.5) is 0 Å². The van der Waals surface area contributed by atoms with E-state index in [-0.39, 0.29) is 0 Å². The average molecular weight is 193 g/mol. The maximum absolute atomic E-state index is 3.20. The van der Waals surface area contributed by atoms with Gasteiger partial charge in [-0.25, -0.2) is 5.01 Å². The van der Waals surface area contributed by atoms with E-state index >= 15 is 0 Å². The minimum atomic E-state index is 1.11. The first-order valence-electron chi connectivity index (χ1n) is 5.44.